The summed E-state index contributed by atoms with van der Waals surface area (Å²) in [7, 11) is 0. The second-order valence-electron chi connectivity index (χ2n) is 5.62. The summed E-state index contributed by atoms with van der Waals surface area (Å²) in [6.45, 7) is 2.19. The third-order valence-corrected chi connectivity index (χ3v) is 5.22. The lowest BCUT2D eigenvalue weighted by Crippen LogP contribution is -1.88. The molecule has 0 aliphatic heterocycles. The van der Waals surface area contributed by atoms with E-state index in [1.54, 1.807) is 0 Å². The summed E-state index contributed by atoms with van der Waals surface area (Å²) in [5.74, 6) is 1.12. The van der Waals surface area contributed by atoms with Crippen LogP contribution < -0.4 is 0 Å². The van der Waals surface area contributed by atoms with Crippen molar-refractivity contribution in [1.29, 1.82) is 0 Å². The van der Waals surface area contributed by atoms with Crippen LogP contribution in [-0.4, -0.2) is 5.75 Å². The fourth-order valence-corrected chi connectivity index (χ4v) is 3.99. The van der Waals surface area contributed by atoms with Crippen molar-refractivity contribution in [2.24, 2.45) is 0 Å². The summed E-state index contributed by atoms with van der Waals surface area (Å²) in [4.78, 5) is 1.35. The van der Waals surface area contributed by atoms with E-state index in [0.29, 0.717) is 0 Å². The SMILES string of the molecule is CCSc1ccc(-c2cccc3c2Cc2ccccc2-3)cc1. The quantitative estimate of drug-likeness (QED) is 0.416. The minimum Gasteiger partial charge on any atom is -0.126 e. The van der Waals surface area contributed by atoms with E-state index in [2.05, 4.69) is 73.7 Å². The molecule has 108 valence electrons. The maximum atomic E-state index is 2.26. The fraction of sp³-hybridized carbons (Fsp3) is 0.143. The maximum absolute atomic E-state index is 2.26. The van der Waals surface area contributed by atoms with E-state index in [9.17, 15) is 0 Å². The molecular weight excluding hydrogens is 284 g/mol. The predicted molar refractivity (Wildman–Crippen MR) is 96.5 cm³/mol. The first-order chi connectivity index (χ1) is 10.9. The van der Waals surface area contributed by atoms with Crippen LogP contribution in [0.3, 0.4) is 0 Å². The number of thioether (sulfide) groups is 1. The molecule has 0 bridgehead atoms. The first-order valence-corrected chi connectivity index (χ1v) is 8.79. The standard InChI is InChI=1S/C21H18S/c1-2-22-17-12-10-15(11-13-17)18-8-5-9-20-19-7-4-3-6-16(19)14-21(18)20/h3-13H,2,14H2,1H3. The summed E-state index contributed by atoms with van der Waals surface area (Å²) in [6.07, 6.45) is 1.05. The second-order valence-corrected chi connectivity index (χ2v) is 6.96. The third-order valence-electron chi connectivity index (χ3n) is 4.33. The van der Waals surface area contributed by atoms with Crippen molar-refractivity contribution in [2.75, 3.05) is 5.75 Å². The third kappa shape index (κ3) is 2.26. The lowest BCUT2D eigenvalue weighted by molar-refractivity contribution is 1.26. The Morgan fingerprint density at radius 2 is 1.50 bits per heavy atom. The Hall–Kier alpha value is -1.99. The van der Waals surface area contributed by atoms with E-state index in [0.717, 1.165) is 12.2 Å². The van der Waals surface area contributed by atoms with Crippen molar-refractivity contribution in [3.63, 3.8) is 0 Å². The molecule has 0 N–H and O–H groups in total. The van der Waals surface area contributed by atoms with E-state index in [1.807, 2.05) is 11.8 Å². The van der Waals surface area contributed by atoms with Gasteiger partial charge in [0.1, 0.15) is 0 Å². The zero-order valence-corrected chi connectivity index (χ0v) is 13.5. The Morgan fingerprint density at radius 3 is 2.32 bits per heavy atom. The Morgan fingerprint density at radius 1 is 0.773 bits per heavy atom. The highest BCUT2D eigenvalue weighted by Gasteiger charge is 2.20. The van der Waals surface area contributed by atoms with E-state index in [-0.39, 0.29) is 0 Å². The van der Waals surface area contributed by atoms with Gasteiger partial charge in [0.05, 0.1) is 0 Å². The van der Waals surface area contributed by atoms with Crippen molar-refractivity contribution >= 4 is 11.8 Å². The van der Waals surface area contributed by atoms with Gasteiger partial charge in [0, 0.05) is 4.90 Å². The van der Waals surface area contributed by atoms with E-state index < -0.39 is 0 Å². The normalized spacial score (nSPS) is 12.0. The van der Waals surface area contributed by atoms with Gasteiger partial charge >= 0.3 is 0 Å². The van der Waals surface area contributed by atoms with Crippen LogP contribution in [-0.2, 0) is 6.42 Å². The van der Waals surface area contributed by atoms with Gasteiger partial charge in [-0.1, -0.05) is 61.5 Å². The Labute approximate surface area is 136 Å². The molecule has 1 heteroatoms. The smallest absolute Gasteiger partial charge is 0.00722 e. The molecule has 0 nitrogen and oxygen atoms in total. The highest BCUT2D eigenvalue weighted by Crippen LogP contribution is 2.41. The molecule has 4 rings (SSSR count). The van der Waals surface area contributed by atoms with Crippen LogP contribution in [0, 0.1) is 0 Å². The van der Waals surface area contributed by atoms with Gasteiger partial charge in [-0.3, -0.25) is 0 Å². The van der Waals surface area contributed by atoms with Crippen LogP contribution in [0.4, 0.5) is 0 Å². The molecular formula is C21H18S. The average Bonchev–Trinajstić information content (AvgIpc) is 2.95. The molecule has 22 heavy (non-hydrogen) atoms. The molecule has 1 aliphatic rings. The zero-order chi connectivity index (χ0) is 14.9. The minimum absolute atomic E-state index is 1.05. The molecule has 3 aromatic rings. The molecule has 0 heterocycles. The van der Waals surface area contributed by atoms with Crippen LogP contribution >= 0.6 is 11.8 Å². The molecule has 1 aliphatic carbocycles. The Bertz CT molecular complexity index is 816. The first kappa shape index (κ1) is 13.7. The van der Waals surface area contributed by atoms with E-state index in [1.165, 1.54) is 38.3 Å². The van der Waals surface area contributed by atoms with Crippen LogP contribution in [0.25, 0.3) is 22.3 Å². The maximum Gasteiger partial charge on any atom is 0.00722 e. The molecule has 0 radical (unpaired) electrons. The molecule has 0 fully saturated rings. The molecule has 0 unspecified atom stereocenters. The van der Waals surface area contributed by atoms with Gasteiger partial charge in [-0.15, -0.1) is 11.8 Å². The van der Waals surface area contributed by atoms with Crippen LogP contribution in [0.2, 0.25) is 0 Å². The van der Waals surface area contributed by atoms with Crippen molar-refractivity contribution < 1.29 is 0 Å². The van der Waals surface area contributed by atoms with Crippen LogP contribution in [0.1, 0.15) is 18.1 Å². The van der Waals surface area contributed by atoms with E-state index >= 15 is 0 Å². The minimum atomic E-state index is 1.05. The first-order valence-electron chi connectivity index (χ1n) is 7.80. The highest BCUT2D eigenvalue weighted by atomic mass is 32.2. The van der Waals surface area contributed by atoms with Gasteiger partial charge in [-0.25, -0.2) is 0 Å². The number of hydrogen-bond donors (Lipinski definition) is 0. The number of rotatable bonds is 3. The average molecular weight is 302 g/mol. The van der Waals surface area contributed by atoms with Crippen molar-refractivity contribution in [3.8, 4) is 22.3 Å². The van der Waals surface area contributed by atoms with Gasteiger partial charge in [0.25, 0.3) is 0 Å². The Kier molecular flexibility index (Phi) is 3.51. The van der Waals surface area contributed by atoms with Crippen LogP contribution in [0.15, 0.2) is 71.6 Å². The molecule has 3 aromatic carbocycles. The van der Waals surface area contributed by atoms with Gasteiger partial charge in [0.15, 0.2) is 0 Å². The molecule has 0 saturated heterocycles. The predicted octanol–water partition coefficient (Wildman–Crippen LogP) is 6.04. The summed E-state index contributed by atoms with van der Waals surface area (Å²) >= 11 is 1.89. The topological polar surface area (TPSA) is 0 Å². The largest absolute Gasteiger partial charge is 0.126 e. The highest BCUT2D eigenvalue weighted by molar-refractivity contribution is 7.99. The molecule has 0 atom stereocenters. The second kappa shape index (κ2) is 5.66. The molecule has 0 aromatic heterocycles. The Balaban J connectivity index is 1.79. The number of fused-ring (bicyclic) bond motifs is 3. The lowest BCUT2D eigenvalue weighted by atomic mass is 9.96. The lowest BCUT2D eigenvalue weighted by Gasteiger charge is -2.09. The van der Waals surface area contributed by atoms with E-state index in [4.69, 9.17) is 0 Å². The molecule has 0 spiro atoms. The monoisotopic (exact) mass is 302 g/mol. The number of hydrogen-bond acceptors (Lipinski definition) is 1. The van der Waals surface area contributed by atoms with Crippen LogP contribution in [0.5, 0.6) is 0 Å². The van der Waals surface area contributed by atoms with Crippen molar-refractivity contribution in [1.82, 2.24) is 0 Å². The van der Waals surface area contributed by atoms with Gasteiger partial charge in [-0.2, -0.15) is 0 Å². The van der Waals surface area contributed by atoms with Gasteiger partial charge in [0.2, 0.25) is 0 Å². The zero-order valence-electron chi connectivity index (χ0n) is 12.7. The summed E-state index contributed by atoms with van der Waals surface area (Å²) < 4.78 is 0. The summed E-state index contributed by atoms with van der Waals surface area (Å²) in [6, 6.07) is 24.5. The molecule has 0 amide bonds. The van der Waals surface area contributed by atoms with Crippen molar-refractivity contribution in [3.05, 3.63) is 77.9 Å². The van der Waals surface area contributed by atoms with Gasteiger partial charge in [-0.05, 0) is 57.7 Å². The number of benzene rings is 3. The molecule has 0 saturated carbocycles. The fourth-order valence-electron chi connectivity index (χ4n) is 3.33. The van der Waals surface area contributed by atoms with Gasteiger partial charge < -0.3 is 0 Å². The van der Waals surface area contributed by atoms with Crippen molar-refractivity contribution in [2.45, 2.75) is 18.2 Å². The summed E-state index contributed by atoms with van der Waals surface area (Å²) in [5.41, 5.74) is 8.42. The summed E-state index contributed by atoms with van der Waals surface area (Å²) in [5, 5.41) is 0.